The third-order valence-electron chi connectivity index (χ3n) is 11.8. The lowest BCUT2D eigenvalue weighted by atomic mass is 9.72. The maximum absolute atomic E-state index is 13.1. The Morgan fingerprint density at radius 2 is 0.932 bits per heavy atom. The fraction of sp³-hybridized carbons (Fsp3) is 0.393. The van der Waals surface area contributed by atoms with Gasteiger partial charge in [0.25, 0.3) is 0 Å². The van der Waals surface area contributed by atoms with Crippen molar-refractivity contribution in [1.82, 2.24) is 0 Å². The summed E-state index contributed by atoms with van der Waals surface area (Å²) in [5, 5.41) is 0. The summed E-state index contributed by atoms with van der Waals surface area (Å²) in [5.74, 6) is 0.109. The molecule has 0 saturated carbocycles. The maximum atomic E-state index is 13.1. The molecule has 0 heterocycles. The first kappa shape index (κ1) is 46.8. The SMILES string of the molecule is CC1=C(/C=C/C(C)=C/C=C/C(C)=C/C(=O)Cc2ccccc2COCc2ccccc2CC(=O)/C=C(C)/C=C/C=C(C)/C=C/C2=C(C)CCCC2(C)C)C(C)(C)CCC1. The number of benzene rings is 2. The van der Waals surface area contributed by atoms with Crippen LogP contribution < -0.4 is 0 Å². The number of hydrogen-bond acceptors (Lipinski definition) is 3. The number of carbonyl (C=O) groups excluding carboxylic acids is 2. The summed E-state index contributed by atoms with van der Waals surface area (Å²) in [6.45, 7) is 22.8. The van der Waals surface area contributed by atoms with E-state index in [0.717, 1.165) is 33.4 Å². The predicted molar refractivity (Wildman–Crippen MR) is 251 cm³/mol. The average molecular weight is 791 g/mol. The zero-order valence-corrected chi connectivity index (χ0v) is 37.8. The van der Waals surface area contributed by atoms with Gasteiger partial charge in [0, 0.05) is 12.8 Å². The summed E-state index contributed by atoms with van der Waals surface area (Å²) in [6, 6.07) is 15.9. The molecule has 0 aliphatic heterocycles. The van der Waals surface area contributed by atoms with Crippen molar-refractivity contribution in [2.75, 3.05) is 0 Å². The highest BCUT2D eigenvalue weighted by atomic mass is 16.5. The molecule has 0 amide bonds. The fourth-order valence-corrected chi connectivity index (χ4v) is 8.36. The van der Waals surface area contributed by atoms with E-state index in [4.69, 9.17) is 4.74 Å². The van der Waals surface area contributed by atoms with E-state index >= 15 is 0 Å². The minimum absolute atomic E-state index is 0.0546. The third kappa shape index (κ3) is 15.4. The Morgan fingerprint density at radius 1 is 0.559 bits per heavy atom. The van der Waals surface area contributed by atoms with Gasteiger partial charge in [0.1, 0.15) is 0 Å². The van der Waals surface area contributed by atoms with Crippen molar-refractivity contribution >= 4 is 11.6 Å². The molecule has 0 N–H and O–H groups in total. The highest BCUT2D eigenvalue weighted by Gasteiger charge is 2.27. The smallest absolute Gasteiger partial charge is 0.160 e. The Bertz CT molecular complexity index is 1970. The number of ether oxygens (including phenoxy) is 1. The summed E-state index contributed by atoms with van der Waals surface area (Å²) in [7, 11) is 0. The van der Waals surface area contributed by atoms with Crippen molar-refractivity contribution in [2.24, 2.45) is 10.8 Å². The Hall–Kier alpha value is -4.86. The largest absolute Gasteiger partial charge is 0.372 e. The molecule has 59 heavy (non-hydrogen) atoms. The van der Waals surface area contributed by atoms with E-state index in [9.17, 15) is 9.59 Å². The average Bonchev–Trinajstić information content (AvgIpc) is 3.15. The molecular formula is C56H70O3. The van der Waals surface area contributed by atoms with Crippen LogP contribution >= 0.6 is 0 Å². The maximum Gasteiger partial charge on any atom is 0.160 e. The summed E-state index contributed by atoms with van der Waals surface area (Å²) in [5.41, 5.74) is 14.4. The van der Waals surface area contributed by atoms with Gasteiger partial charge in [0.05, 0.1) is 13.2 Å². The van der Waals surface area contributed by atoms with Gasteiger partial charge in [-0.1, -0.05) is 159 Å². The molecule has 0 saturated heterocycles. The van der Waals surface area contributed by atoms with E-state index in [1.54, 1.807) is 12.2 Å². The van der Waals surface area contributed by atoms with Crippen LogP contribution in [0.4, 0.5) is 0 Å². The van der Waals surface area contributed by atoms with Gasteiger partial charge in [-0.3, -0.25) is 9.59 Å². The Morgan fingerprint density at radius 3 is 1.31 bits per heavy atom. The highest BCUT2D eigenvalue weighted by molar-refractivity contribution is 5.93. The normalized spacial score (nSPS) is 18.3. The lowest BCUT2D eigenvalue weighted by molar-refractivity contribution is -0.114. The number of allylic oxidation sites excluding steroid dienone is 20. The van der Waals surface area contributed by atoms with E-state index in [2.05, 4.69) is 91.8 Å². The van der Waals surface area contributed by atoms with Gasteiger partial charge in [-0.25, -0.2) is 0 Å². The first-order valence-electron chi connectivity index (χ1n) is 21.6. The second-order valence-corrected chi connectivity index (χ2v) is 18.2. The van der Waals surface area contributed by atoms with Gasteiger partial charge in [-0.05, 0) is 148 Å². The van der Waals surface area contributed by atoms with Gasteiger partial charge >= 0.3 is 0 Å². The molecule has 0 spiro atoms. The number of hydrogen-bond donors (Lipinski definition) is 0. The van der Waals surface area contributed by atoms with Crippen molar-refractivity contribution in [3.05, 3.63) is 188 Å². The van der Waals surface area contributed by atoms with Crippen LogP contribution in [0.15, 0.2) is 166 Å². The van der Waals surface area contributed by atoms with Crippen LogP contribution in [0.5, 0.6) is 0 Å². The Labute approximate surface area is 357 Å². The molecule has 0 unspecified atom stereocenters. The lowest BCUT2D eigenvalue weighted by Gasteiger charge is -2.33. The molecule has 2 aliphatic carbocycles. The van der Waals surface area contributed by atoms with Crippen molar-refractivity contribution in [3.8, 4) is 0 Å². The quantitative estimate of drug-likeness (QED) is 0.112. The summed E-state index contributed by atoms with van der Waals surface area (Å²) < 4.78 is 6.21. The minimum Gasteiger partial charge on any atom is -0.372 e. The van der Waals surface area contributed by atoms with Gasteiger partial charge in [0.2, 0.25) is 0 Å². The molecule has 0 atom stereocenters. The van der Waals surface area contributed by atoms with Gasteiger partial charge in [-0.2, -0.15) is 0 Å². The zero-order chi connectivity index (χ0) is 43.0. The molecule has 3 heteroatoms. The first-order valence-corrected chi connectivity index (χ1v) is 21.6. The van der Waals surface area contributed by atoms with Crippen molar-refractivity contribution in [2.45, 2.75) is 134 Å². The van der Waals surface area contributed by atoms with Gasteiger partial charge < -0.3 is 4.74 Å². The van der Waals surface area contributed by atoms with Gasteiger partial charge in [0.15, 0.2) is 11.6 Å². The van der Waals surface area contributed by atoms with E-state index in [-0.39, 0.29) is 22.4 Å². The molecule has 4 rings (SSSR count). The summed E-state index contributed by atoms with van der Waals surface area (Å²) in [4.78, 5) is 26.3. The molecular weight excluding hydrogens is 721 g/mol. The first-order chi connectivity index (χ1) is 28.0. The van der Waals surface area contributed by atoms with Crippen molar-refractivity contribution < 1.29 is 14.3 Å². The van der Waals surface area contributed by atoms with Crippen LogP contribution in [0.1, 0.15) is 130 Å². The predicted octanol–water partition coefficient (Wildman–Crippen LogP) is 14.7. The van der Waals surface area contributed by atoms with E-state index in [1.165, 1.54) is 72.0 Å². The summed E-state index contributed by atoms with van der Waals surface area (Å²) >= 11 is 0. The molecule has 312 valence electrons. The molecule has 0 bridgehead atoms. The Balaban J connectivity index is 1.28. The second-order valence-electron chi connectivity index (χ2n) is 18.2. The number of carbonyl (C=O) groups is 2. The van der Waals surface area contributed by atoms with Crippen LogP contribution in [0.3, 0.4) is 0 Å². The van der Waals surface area contributed by atoms with Crippen LogP contribution in [0, 0.1) is 10.8 Å². The summed E-state index contributed by atoms with van der Waals surface area (Å²) in [6.07, 6.45) is 32.6. The monoisotopic (exact) mass is 791 g/mol. The molecule has 2 aromatic rings. The standard InChI is InChI=1S/C56H70O3/c1-41(29-31-53-45(5)23-17-33-55(53,7)8)19-15-21-43(3)35-51(57)37-47-25-11-13-27-49(47)39-59-40-50-28-14-12-26-48(50)38-52(58)36-44(4)22-16-20-42(2)30-32-54-46(6)24-18-34-56(54,9)10/h11-16,19-22,25-32,35-36H,17-18,23-24,33-34,37-40H2,1-10H3/b21-15+,22-16+,31-29+,32-30+,41-19+,42-20+,43-35+,44-36+. The minimum atomic E-state index is 0.0546. The van der Waals surface area contributed by atoms with Gasteiger partial charge in [-0.15, -0.1) is 0 Å². The molecule has 0 aromatic heterocycles. The third-order valence-corrected chi connectivity index (χ3v) is 11.8. The van der Waals surface area contributed by atoms with Crippen LogP contribution in [0.25, 0.3) is 0 Å². The van der Waals surface area contributed by atoms with Crippen LogP contribution in [-0.2, 0) is 40.4 Å². The molecule has 0 radical (unpaired) electrons. The van der Waals surface area contributed by atoms with Crippen LogP contribution in [0.2, 0.25) is 0 Å². The fourth-order valence-electron chi connectivity index (χ4n) is 8.36. The molecule has 2 aliphatic rings. The number of rotatable bonds is 18. The Kier molecular flexibility index (Phi) is 17.9. The van der Waals surface area contributed by atoms with E-state index < -0.39 is 0 Å². The van der Waals surface area contributed by atoms with E-state index in [0.29, 0.717) is 26.1 Å². The molecule has 2 aromatic carbocycles. The molecule has 0 fully saturated rings. The zero-order valence-electron chi connectivity index (χ0n) is 37.8. The number of ketones is 2. The topological polar surface area (TPSA) is 43.4 Å². The highest BCUT2D eigenvalue weighted by Crippen LogP contribution is 2.42. The van der Waals surface area contributed by atoms with Crippen molar-refractivity contribution in [3.63, 3.8) is 0 Å². The molecule has 3 nitrogen and oxygen atoms in total. The van der Waals surface area contributed by atoms with Crippen LogP contribution in [-0.4, -0.2) is 11.6 Å². The lowest BCUT2D eigenvalue weighted by Crippen LogP contribution is -2.19. The second kappa shape index (κ2) is 22.5. The van der Waals surface area contributed by atoms with Crippen molar-refractivity contribution in [1.29, 1.82) is 0 Å². The van der Waals surface area contributed by atoms with E-state index in [1.807, 2.05) is 86.7 Å².